The topological polar surface area (TPSA) is 116 Å². The predicted molar refractivity (Wildman–Crippen MR) is 118 cm³/mol. The molecule has 158 valence electrons. The molecule has 0 bridgehead atoms. The van der Waals surface area contributed by atoms with Crippen molar-refractivity contribution in [3.05, 3.63) is 73.8 Å². The van der Waals surface area contributed by atoms with E-state index in [1.165, 1.54) is 35.8 Å². The molecule has 1 amide bonds. The Balaban J connectivity index is 1.46. The molecule has 11 heteroatoms. The van der Waals surface area contributed by atoms with Gasteiger partial charge in [-0.2, -0.15) is 5.10 Å². The largest absolute Gasteiger partial charge is 0.455 e. The highest BCUT2D eigenvalue weighted by atomic mass is 79.9. The van der Waals surface area contributed by atoms with Crippen LogP contribution in [0.5, 0.6) is 0 Å². The van der Waals surface area contributed by atoms with Crippen molar-refractivity contribution in [3.8, 4) is 11.3 Å². The lowest BCUT2D eigenvalue weighted by Gasteiger charge is -2.07. The van der Waals surface area contributed by atoms with Crippen LogP contribution in [0.2, 0.25) is 0 Å². The SMILES string of the molecule is Cn1c(=O)c2ncn(CC(=O)NN=Cc3ccc(-c4cccc(Br)c4)o3)c2n(C)c1=O. The zero-order valence-electron chi connectivity index (χ0n) is 16.6. The number of nitrogens with zero attached hydrogens (tertiary/aromatic N) is 5. The molecular weight excluding hydrogens is 468 g/mol. The first-order valence-electron chi connectivity index (χ1n) is 9.13. The maximum absolute atomic E-state index is 12.3. The number of halogens is 1. The number of fused-ring (bicyclic) bond motifs is 1. The summed E-state index contributed by atoms with van der Waals surface area (Å²) in [7, 11) is 2.89. The smallest absolute Gasteiger partial charge is 0.332 e. The van der Waals surface area contributed by atoms with Crippen LogP contribution in [-0.4, -0.2) is 30.8 Å². The van der Waals surface area contributed by atoms with Crippen LogP contribution >= 0.6 is 15.9 Å². The highest BCUT2D eigenvalue weighted by Gasteiger charge is 2.15. The molecule has 4 aromatic rings. The van der Waals surface area contributed by atoms with Crippen molar-refractivity contribution in [2.75, 3.05) is 0 Å². The number of imidazole rings is 1. The maximum Gasteiger partial charge on any atom is 0.332 e. The van der Waals surface area contributed by atoms with Gasteiger partial charge in [-0.15, -0.1) is 0 Å². The number of aromatic nitrogens is 4. The molecule has 0 radical (unpaired) electrons. The van der Waals surface area contributed by atoms with Crippen LogP contribution in [0.15, 0.2) is 66.3 Å². The van der Waals surface area contributed by atoms with Gasteiger partial charge in [0.1, 0.15) is 23.7 Å². The van der Waals surface area contributed by atoms with Gasteiger partial charge in [-0.3, -0.25) is 18.7 Å². The Bertz CT molecular complexity index is 1440. The molecule has 0 aliphatic rings. The third kappa shape index (κ3) is 3.99. The molecule has 3 aromatic heterocycles. The third-order valence-corrected chi connectivity index (χ3v) is 5.13. The quantitative estimate of drug-likeness (QED) is 0.341. The first-order valence-corrected chi connectivity index (χ1v) is 9.93. The monoisotopic (exact) mass is 484 g/mol. The number of amides is 1. The van der Waals surface area contributed by atoms with Crippen LogP contribution in [0.25, 0.3) is 22.5 Å². The van der Waals surface area contributed by atoms with E-state index in [9.17, 15) is 14.4 Å². The molecule has 0 saturated carbocycles. The molecule has 0 fully saturated rings. The number of carbonyl (C=O) groups is 1. The van der Waals surface area contributed by atoms with E-state index >= 15 is 0 Å². The summed E-state index contributed by atoms with van der Waals surface area (Å²) in [4.78, 5) is 40.6. The lowest BCUT2D eigenvalue weighted by atomic mass is 10.2. The average Bonchev–Trinajstić information content (AvgIpc) is 3.38. The van der Waals surface area contributed by atoms with E-state index in [0.29, 0.717) is 11.5 Å². The number of benzene rings is 1. The summed E-state index contributed by atoms with van der Waals surface area (Å²) in [6.45, 7) is -0.171. The van der Waals surface area contributed by atoms with Gasteiger partial charge in [-0.05, 0) is 24.3 Å². The second-order valence-electron chi connectivity index (χ2n) is 6.76. The van der Waals surface area contributed by atoms with Crippen molar-refractivity contribution in [1.82, 2.24) is 24.1 Å². The number of rotatable bonds is 5. The van der Waals surface area contributed by atoms with Gasteiger partial charge in [-0.25, -0.2) is 15.2 Å². The number of hydrogen-bond donors (Lipinski definition) is 1. The molecule has 1 N–H and O–H groups in total. The molecular formula is C20H17BrN6O4. The van der Waals surface area contributed by atoms with E-state index in [-0.39, 0.29) is 17.7 Å². The highest BCUT2D eigenvalue weighted by Crippen LogP contribution is 2.24. The number of hydrazone groups is 1. The molecule has 3 heterocycles. The normalized spacial score (nSPS) is 11.5. The summed E-state index contributed by atoms with van der Waals surface area (Å²) in [5.41, 5.74) is 2.65. The van der Waals surface area contributed by atoms with Gasteiger partial charge in [-0.1, -0.05) is 28.1 Å². The molecule has 0 saturated heterocycles. The fourth-order valence-corrected chi connectivity index (χ4v) is 3.53. The van der Waals surface area contributed by atoms with Gasteiger partial charge >= 0.3 is 5.69 Å². The molecule has 10 nitrogen and oxygen atoms in total. The van der Waals surface area contributed by atoms with Crippen molar-refractivity contribution < 1.29 is 9.21 Å². The fourth-order valence-electron chi connectivity index (χ4n) is 3.13. The Morgan fingerprint density at radius 1 is 1.23 bits per heavy atom. The van der Waals surface area contributed by atoms with Crippen LogP contribution in [0.1, 0.15) is 5.76 Å². The molecule has 0 aliphatic carbocycles. The summed E-state index contributed by atoms with van der Waals surface area (Å²) >= 11 is 3.42. The van der Waals surface area contributed by atoms with E-state index in [0.717, 1.165) is 14.6 Å². The highest BCUT2D eigenvalue weighted by molar-refractivity contribution is 9.10. The number of carbonyl (C=O) groups excluding carboxylic acids is 1. The van der Waals surface area contributed by atoms with Gasteiger partial charge in [0.05, 0.1) is 12.5 Å². The number of hydrogen-bond acceptors (Lipinski definition) is 6. The lowest BCUT2D eigenvalue weighted by Crippen LogP contribution is -2.37. The summed E-state index contributed by atoms with van der Waals surface area (Å²) in [5.74, 6) is 0.679. The fraction of sp³-hybridized carbons (Fsp3) is 0.150. The Labute approximate surface area is 183 Å². The van der Waals surface area contributed by atoms with E-state index in [2.05, 4.69) is 31.4 Å². The van der Waals surface area contributed by atoms with Gasteiger partial charge in [0.15, 0.2) is 5.52 Å². The van der Waals surface area contributed by atoms with Crippen LogP contribution in [0, 0.1) is 0 Å². The summed E-state index contributed by atoms with van der Waals surface area (Å²) in [5, 5.41) is 3.90. The zero-order chi connectivity index (χ0) is 22.1. The van der Waals surface area contributed by atoms with Crippen molar-refractivity contribution in [1.29, 1.82) is 0 Å². The first-order chi connectivity index (χ1) is 14.8. The van der Waals surface area contributed by atoms with Crippen molar-refractivity contribution in [2.45, 2.75) is 6.54 Å². The van der Waals surface area contributed by atoms with Crippen LogP contribution in [0.4, 0.5) is 0 Å². The Kier molecular flexibility index (Phi) is 5.42. The molecule has 0 unspecified atom stereocenters. The summed E-state index contributed by atoms with van der Waals surface area (Å²) in [6, 6.07) is 11.2. The van der Waals surface area contributed by atoms with E-state index in [1.807, 2.05) is 30.3 Å². The molecule has 0 aliphatic heterocycles. The van der Waals surface area contributed by atoms with Crippen molar-refractivity contribution >= 4 is 39.2 Å². The van der Waals surface area contributed by atoms with Crippen LogP contribution < -0.4 is 16.7 Å². The number of nitrogens with one attached hydrogen (secondary N) is 1. The van der Waals surface area contributed by atoms with Crippen molar-refractivity contribution in [3.63, 3.8) is 0 Å². The molecule has 31 heavy (non-hydrogen) atoms. The van der Waals surface area contributed by atoms with E-state index < -0.39 is 17.2 Å². The van der Waals surface area contributed by atoms with Gasteiger partial charge in [0.2, 0.25) is 0 Å². The predicted octanol–water partition coefficient (Wildman–Crippen LogP) is 1.61. The number of furan rings is 1. The molecule has 4 rings (SSSR count). The van der Waals surface area contributed by atoms with Gasteiger partial charge in [0.25, 0.3) is 11.5 Å². The van der Waals surface area contributed by atoms with Crippen molar-refractivity contribution in [2.24, 2.45) is 19.2 Å². The third-order valence-electron chi connectivity index (χ3n) is 4.64. The second-order valence-corrected chi connectivity index (χ2v) is 7.67. The summed E-state index contributed by atoms with van der Waals surface area (Å²) < 4.78 is 10.3. The minimum atomic E-state index is -0.519. The average molecular weight is 485 g/mol. The Morgan fingerprint density at radius 3 is 2.81 bits per heavy atom. The second kappa shape index (κ2) is 8.19. The van der Waals surface area contributed by atoms with Crippen LogP contribution in [0.3, 0.4) is 0 Å². The molecule has 0 atom stereocenters. The summed E-state index contributed by atoms with van der Waals surface area (Å²) in [6.07, 6.45) is 2.72. The van der Waals surface area contributed by atoms with Gasteiger partial charge in [0, 0.05) is 24.1 Å². The Hall–Kier alpha value is -3.73. The standard InChI is InChI=1S/C20H17BrN6O4/c1-25-18-17(19(29)26(2)20(25)30)22-11-27(18)10-16(28)24-23-9-14-6-7-15(31-14)12-4-3-5-13(21)8-12/h3-9,11H,10H2,1-2H3,(H,24,28). The number of aryl methyl sites for hydroxylation is 1. The maximum atomic E-state index is 12.3. The lowest BCUT2D eigenvalue weighted by molar-refractivity contribution is -0.121. The minimum absolute atomic E-state index is 0.108. The Morgan fingerprint density at radius 2 is 2.03 bits per heavy atom. The van der Waals surface area contributed by atoms with E-state index in [1.54, 1.807) is 6.07 Å². The molecule has 0 spiro atoms. The zero-order valence-corrected chi connectivity index (χ0v) is 18.2. The molecule has 1 aromatic carbocycles. The van der Waals surface area contributed by atoms with Crippen LogP contribution in [-0.2, 0) is 25.4 Å². The van der Waals surface area contributed by atoms with Gasteiger partial charge < -0.3 is 8.98 Å². The van der Waals surface area contributed by atoms with E-state index in [4.69, 9.17) is 4.42 Å². The first kappa shape index (κ1) is 20.5. The minimum Gasteiger partial charge on any atom is -0.455 e.